The topological polar surface area (TPSA) is 26.3 Å². The van der Waals surface area contributed by atoms with Crippen LogP contribution < -0.4 is 0 Å². The molecule has 1 saturated heterocycles. The normalized spacial score (nSPS) is 38.1. The second-order valence-electron chi connectivity index (χ2n) is 11.7. The number of fused-ring (bicyclic) bond motifs is 2. The zero-order valence-electron chi connectivity index (χ0n) is 19.2. The number of carbonyl (C=O) groups is 1. The Kier molecular flexibility index (Phi) is 5.84. The molecule has 0 aromatic heterocycles. The van der Waals surface area contributed by atoms with E-state index in [-0.39, 0.29) is 17.5 Å². The molecular formula is C23H44O2Si2. The van der Waals surface area contributed by atoms with E-state index < -0.39 is 16.1 Å². The van der Waals surface area contributed by atoms with E-state index in [9.17, 15) is 4.79 Å². The lowest BCUT2D eigenvalue weighted by molar-refractivity contribution is -0.168. The van der Waals surface area contributed by atoms with Gasteiger partial charge >= 0.3 is 5.97 Å². The summed E-state index contributed by atoms with van der Waals surface area (Å²) in [5.41, 5.74) is -0.195. The van der Waals surface area contributed by atoms with Gasteiger partial charge in [0.1, 0.15) is 5.60 Å². The van der Waals surface area contributed by atoms with Gasteiger partial charge in [0.15, 0.2) is 0 Å². The third-order valence-corrected chi connectivity index (χ3v) is 21.6. The summed E-state index contributed by atoms with van der Waals surface area (Å²) in [5, 5.41) is 0.695. The summed E-state index contributed by atoms with van der Waals surface area (Å²) in [6.07, 6.45) is 5.76. The molecule has 0 N–H and O–H groups in total. The van der Waals surface area contributed by atoms with Crippen LogP contribution >= 0.6 is 0 Å². The molecule has 5 atom stereocenters. The van der Waals surface area contributed by atoms with Crippen LogP contribution in [0.3, 0.4) is 0 Å². The van der Waals surface area contributed by atoms with Crippen LogP contribution in [0.1, 0.15) is 59.8 Å². The Morgan fingerprint density at radius 2 is 1.52 bits per heavy atom. The molecule has 2 saturated carbocycles. The standard InChI is InChI=1S/C23H44O2Si2/c1-9-23(10-2,22-26(5,6)12-11-13-27(22,7)8)25-21(24)20-15-18-14-19(20)17(4)16(18)3/h16-20,22H,9-15H2,1-8H3. The van der Waals surface area contributed by atoms with E-state index in [1.54, 1.807) is 0 Å². The van der Waals surface area contributed by atoms with Crippen molar-refractivity contribution in [1.29, 1.82) is 0 Å². The zero-order chi connectivity index (χ0) is 20.2. The van der Waals surface area contributed by atoms with E-state index in [1.165, 1.54) is 24.9 Å². The van der Waals surface area contributed by atoms with Gasteiger partial charge in [-0.3, -0.25) is 4.79 Å². The molecule has 0 spiro atoms. The minimum atomic E-state index is -1.40. The molecule has 3 rings (SSSR count). The molecule has 0 aromatic rings. The number of rotatable bonds is 5. The molecule has 1 aliphatic heterocycles. The Bertz CT molecular complexity index is 549. The van der Waals surface area contributed by atoms with E-state index in [1.807, 2.05) is 0 Å². The van der Waals surface area contributed by atoms with Gasteiger partial charge in [-0.15, -0.1) is 0 Å². The molecule has 0 aromatic carbocycles. The van der Waals surface area contributed by atoms with E-state index in [0.717, 1.165) is 31.1 Å². The van der Waals surface area contributed by atoms with Crippen LogP contribution in [0.25, 0.3) is 0 Å². The van der Waals surface area contributed by atoms with Gasteiger partial charge in [-0.05, 0) is 54.5 Å². The highest BCUT2D eigenvalue weighted by atomic mass is 28.4. The molecule has 2 bridgehead atoms. The third-order valence-electron chi connectivity index (χ3n) is 9.43. The molecule has 156 valence electrons. The first-order valence-electron chi connectivity index (χ1n) is 11.7. The van der Waals surface area contributed by atoms with Crippen LogP contribution in [-0.2, 0) is 9.53 Å². The summed E-state index contributed by atoms with van der Waals surface area (Å²) in [7, 11) is -2.79. The molecule has 27 heavy (non-hydrogen) atoms. The third kappa shape index (κ3) is 3.51. The van der Waals surface area contributed by atoms with Gasteiger partial charge < -0.3 is 4.74 Å². The molecular weight excluding hydrogens is 364 g/mol. The fourth-order valence-electron chi connectivity index (χ4n) is 8.12. The van der Waals surface area contributed by atoms with Gasteiger partial charge in [0.2, 0.25) is 0 Å². The lowest BCUT2D eigenvalue weighted by Crippen LogP contribution is -2.62. The fraction of sp³-hybridized carbons (Fsp3) is 0.957. The van der Waals surface area contributed by atoms with Crippen molar-refractivity contribution in [3.63, 3.8) is 0 Å². The van der Waals surface area contributed by atoms with Crippen molar-refractivity contribution in [2.24, 2.45) is 29.6 Å². The Balaban J connectivity index is 1.86. The van der Waals surface area contributed by atoms with Gasteiger partial charge in [-0.25, -0.2) is 0 Å². The zero-order valence-corrected chi connectivity index (χ0v) is 21.2. The predicted molar refractivity (Wildman–Crippen MR) is 120 cm³/mol. The van der Waals surface area contributed by atoms with Gasteiger partial charge in [-0.2, -0.15) is 0 Å². The van der Waals surface area contributed by atoms with Crippen molar-refractivity contribution < 1.29 is 9.53 Å². The molecule has 0 amide bonds. The summed E-state index contributed by atoms with van der Waals surface area (Å²) in [4.78, 5) is 13.5. The Morgan fingerprint density at radius 1 is 0.963 bits per heavy atom. The molecule has 3 fully saturated rings. The Labute approximate surface area is 170 Å². The van der Waals surface area contributed by atoms with E-state index >= 15 is 0 Å². The van der Waals surface area contributed by atoms with Crippen LogP contribution in [0, 0.1) is 29.6 Å². The van der Waals surface area contributed by atoms with Gasteiger partial charge in [-0.1, -0.05) is 72.4 Å². The SMILES string of the molecule is CCC(CC)(OC(=O)C1CC2CC1C(C)C2C)C1[Si](C)(C)CCC[Si]1(C)C. The summed E-state index contributed by atoms with van der Waals surface area (Å²) in [6.45, 7) is 19.7. The molecule has 2 aliphatic carbocycles. The number of hydrogen-bond acceptors (Lipinski definition) is 2. The summed E-state index contributed by atoms with van der Waals surface area (Å²) >= 11 is 0. The lowest BCUT2D eigenvalue weighted by atomic mass is 9.75. The van der Waals surface area contributed by atoms with Gasteiger partial charge in [0.25, 0.3) is 0 Å². The maximum atomic E-state index is 13.5. The Hall–Kier alpha value is -0.0962. The molecule has 0 radical (unpaired) electrons. The maximum Gasteiger partial charge on any atom is 0.309 e. The van der Waals surface area contributed by atoms with Gasteiger partial charge in [0.05, 0.1) is 22.1 Å². The molecule has 4 heteroatoms. The fourth-order valence-corrected chi connectivity index (χ4v) is 24.3. The lowest BCUT2D eigenvalue weighted by Gasteiger charge is -2.56. The highest BCUT2D eigenvalue weighted by Gasteiger charge is 2.59. The molecule has 3 aliphatic rings. The monoisotopic (exact) mass is 408 g/mol. The van der Waals surface area contributed by atoms with E-state index in [0.29, 0.717) is 17.0 Å². The van der Waals surface area contributed by atoms with Crippen LogP contribution in [0.5, 0.6) is 0 Å². The maximum absolute atomic E-state index is 13.5. The Morgan fingerprint density at radius 3 is 1.96 bits per heavy atom. The minimum absolute atomic E-state index is 0.171. The second-order valence-corrected chi connectivity index (χ2v) is 22.4. The van der Waals surface area contributed by atoms with Crippen molar-refractivity contribution >= 4 is 22.1 Å². The van der Waals surface area contributed by atoms with E-state index in [4.69, 9.17) is 4.74 Å². The largest absolute Gasteiger partial charge is 0.459 e. The van der Waals surface area contributed by atoms with Crippen molar-refractivity contribution in [3.8, 4) is 0 Å². The number of ether oxygens (including phenoxy) is 1. The van der Waals surface area contributed by atoms with E-state index in [2.05, 4.69) is 53.9 Å². The van der Waals surface area contributed by atoms with Crippen molar-refractivity contribution in [1.82, 2.24) is 0 Å². The average molecular weight is 409 g/mol. The predicted octanol–water partition coefficient (Wildman–Crippen LogP) is 6.75. The number of hydrogen-bond donors (Lipinski definition) is 0. The summed E-state index contributed by atoms with van der Waals surface area (Å²) in [6, 6.07) is 2.83. The molecule has 1 heterocycles. The first-order chi connectivity index (χ1) is 12.5. The second kappa shape index (κ2) is 7.30. The summed E-state index contributed by atoms with van der Waals surface area (Å²) in [5.74, 6) is 3.15. The first-order valence-corrected chi connectivity index (χ1v) is 18.3. The van der Waals surface area contributed by atoms with Crippen LogP contribution in [0.2, 0.25) is 43.4 Å². The highest BCUT2D eigenvalue weighted by Crippen LogP contribution is 2.57. The van der Waals surface area contributed by atoms with Crippen LogP contribution in [-0.4, -0.2) is 27.7 Å². The number of carbonyl (C=O) groups excluding carboxylic acids is 1. The van der Waals surface area contributed by atoms with Crippen molar-refractivity contribution in [2.75, 3.05) is 0 Å². The number of esters is 1. The molecule has 2 nitrogen and oxygen atoms in total. The highest BCUT2D eigenvalue weighted by molar-refractivity contribution is 6.98. The smallest absolute Gasteiger partial charge is 0.309 e. The average Bonchev–Trinajstić information content (AvgIpc) is 3.13. The molecule has 5 unspecified atom stereocenters. The van der Waals surface area contributed by atoms with Crippen LogP contribution in [0.15, 0.2) is 0 Å². The van der Waals surface area contributed by atoms with Crippen molar-refractivity contribution in [3.05, 3.63) is 0 Å². The summed E-state index contributed by atoms with van der Waals surface area (Å²) < 4.78 is 6.70. The minimum Gasteiger partial charge on any atom is -0.459 e. The van der Waals surface area contributed by atoms with Crippen molar-refractivity contribution in [2.45, 2.75) is 109 Å². The van der Waals surface area contributed by atoms with Gasteiger partial charge in [0, 0.05) is 0 Å². The van der Waals surface area contributed by atoms with Crippen LogP contribution in [0.4, 0.5) is 0 Å². The quantitative estimate of drug-likeness (QED) is 0.371. The first kappa shape index (κ1) is 21.6.